The van der Waals surface area contributed by atoms with Gasteiger partial charge in [-0.1, -0.05) is 0 Å². The van der Waals surface area contributed by atoms with Crippen molar-refractivity contribution in [2.45, 2.75) is 33.2 Å². The van der Waals surface area contributed by atoms with Crippen LogP contribution in [0.25, 0.3) is 0 Å². The van der Waals surface area contributed by atoms with Crippen molar-refractivity contribution in [2.75, 3.05) is 13.2 Å². The minimum absolute atomic E-state index is 0.0224. The van der Waals surface area contributed by atoms with Crippen LogP contribution in [0.2, 0.25) is 0 Å². The third-order valence-corrected chi connectivity index (χ3v) is 2.96. The molecule has 0 fully saturated rings. The first-order valence-electron chi connectivity index (χ1n) is 6.17. The van der Waals surface area contributed by atoms with Gasteiger partial charge in [-0.05, 0) is 48.8 Å². The highest BCUT2D eigenvalue weighted by molar-refractivity contribution is 9.10. The third kappa shape index (κ3) is 4.70. The monoisotopic (exact) mass is 331 g/mol. The van der Waals surface area contributed by atoms with Crippen LogP contribution in [0.15, 0.2) is 21.2 Å². The van der Waals surface area contributed by atoms with Crippen LogP contribution in [-0.2, 0) is 9.53 Å². The summed E-state index contributed by atoms with van der Waals surface area (Å²) in [5.41, 5.74) is 0. The van der Waals surface area contributed by atoms with E-state index in [0.717, 1.165) is 0 Å². The lowest BCUT2D eigenvalue weighted by atomic mass is 10.2. The van der Waals surface area contributed by atoms with E-state index in [9.17, 15) is 9.59 Å². The van der Waals surface area contributed by atoms with Gasteiger partial charge in [-0.2, -0.15) is 0 Å². The van der Waals surface area contributed by atoms with Crippen LogP contribution in [0.3, 0.4) is 0 Å². The average Bonchev–Trinajstić information content (AvgIpc) is 2.75. The SMILES string of the molecule is CCOC(=O)CCN(C(=O)c1ccc(Br)o1)C(C)C. The van der Waals surface area contributed by atoms with E-state index in [-0.39, 0.29) is 30.1 Å². The van der Waals surface area contributed by atoms with Gasteiger partial charge in [-0.3, -0.25) is 9.59 Å². The van der Waals surface area contributed by atoms with Crippen molar-refractivity contribution < 1.29 is 18.7 Å². The molecule has 1 aromatic rings. The van der Waals surface area contributed by atoms with E-state index in [1.165, 1.54) is 0 Å². The number of hydrogen-bond acceptors (Lipinski definition) is 4. The Morgan fingerprint density at radius 2 is 2.11 bits per heavy atom. The highest BCUT2D eigenvalue weighted by Gasteiger charge is 2.22. The van der Waals surface area contributed by atoms with Gasteiger partial charge in [0.1, 0.15) is 0 Å². The molecule has 0 unspecified atom stereocenters. The molecule has 0 aromatic carbocycles. The number of amides is 1. The van der Waals surface area contributed by atoms with Crippen LogP contribution in [-0.4, -0.2) is 36.0 Å². The summed E-state index contributed by atoms with van der Waals surface area (Å²) < 4.78 is 10.6. The average molecular weight is 332 g/mol. The number of esters is 1. The summed E-state index contributed by atoms with van der Waals surface area (Å²) in [6.45, 7) is 6.19. The first kappa shape index (κ1) is 15.8. The molecule has 6 heteroatoms. The predicted molar refractivity (Wildman–Crippen MR) is 73.8 cm³/mol. The van der Waals surface area contributed by atoms with Gasteiger partial charge in [-0.25, -0.2) is 0 Å². The van der Waals surface area contributed by atoms with E-state index >= 15 is 0 Å². The Bertz CT molecular complexity index is 442. The Kier molecular flexibility index (Phi) is 6.08. The van der Waals surface area contributed by atoms with Crippen LogP contribution in [0.4, 0.5) is 0 Å². The summed E-state index contributed by atoms with van der Waals surface area (Å²) >= 11 is 3.16. The number of halogens is 1. The molecule has 1 aromatic heterocycles. The maximum Gasteiger partial charge on any atom is 0.307 e. The van der Waals surface area contributed by atoms with E-state index < -0.39 is 0 Å². The van der Waals surface area contributed by atoms with Crippen LogP contribution < -0.4 is 0 Å². The summed E-state index contributed by atoms with van der Waals surface area (Å²) in [6.07, 6.45) is 0.180. The molecule has 0 N–H and O–H groups in total. The van der Waals surface area contributed by atoms with Crippen molar-refractivity contribution >= 4 is 27.8 Å². The van der Waals surface area contributed by atoms with Crippen LogP contribution in [0.1, 0.15) is 37.7 Å². The zero-order valence-corrected chi connectivity index (χ0v) is 12.9. The molecule has 0 aliphatic rings. The Labute approximate surface area is 121 Å². The summed E-state index contributed by atoms with van der Waals surface area (Å²) in [5.74, 6) is -0.281. The van der Waals surface area contributed by atoms with Gasteiger partial charge < -0.3 is 14.1 Å². The second kappa shape index (κ2) is 7.33. The number of furan rings is 1. The van der Waals surface area contributed by atoms with Gasteiger partial charge in [0.2, 0.25) is 0 Å². The Morgan fingerprint density at radius 3 is 2.58 bits per heavy atom. The summed E-state index contributed by atoms with van der Waals surface area (Å²) in [6, 6.07) is 3.24. The minimum atomic E-state index is -0.304. The third-order valence-electron chi connectivity index (χ3n) is 2.53. The fraction of sp³-hybridized carbons (Fsp3) is 0.538. The maximum atomic E-state index is 12.2. The Morgan fingerprint density at radius 1 is 1.42 bits per heavy atom. The molecule has 0 spiro atoms. The fourth-order valence-corrected chi connectivity index (χ4v) is 1.92. The Balaban J connectivity index is 2.67. The van der Waals surface area contributed by atoms with Crippen LogP contribution in [0, 0.1) is 0 Å². The molecule has 0 atom stereocenters. The number of nitrogens with zero attached hydrogens (tertiary/aromatic N) is 1. The van der Waals surface area contributed by atoms with Crippen molar-refractivity contribution in [3.63, 3.8) is 0 Å². The molecule has 1 heterocycles. The summed E-state index contributed by atoms with van der Waals surface area (Å²) in [5, 5.41) is 0. The highest BCUT2D eigenvalue weighted by atomic mass is 79.9. The lowest BCUT2D eigenvalue weighted by Crippen LogP contribution is -2.38. The molecule has 0 aliphatic heterocycles. The number of carbonyl (C=O) groups is 2. The zero-order chi connectivity index (χ0) is 14.4. The smallest absolute Gasteiger partial charge is 0.307 e. The van der Waals surface area contributed by atoms with E-state index in [4.69, 9.17) is 9.15 Å². The van der Waals surface area contributed by atoms with E-state index in [0.29, 0.717) is 17.8 Å². The normalized spacial score (nSPS) is 10.6. The summed E-state index contributed by atoms with van der Waals surface area (Å²) in [7, 11) is 0. The zero-order valence-electron chi connectivity index (χ0n) is 11.3. The van der Waals surface area contributed by atoms with Crippen molar-refractivity contribution in [1.29, 1.82) is 0 Å². The summed E-state index contributed by atoms with van der Waals surface area (Å²) in [4.78, 5) is 25.2. The molecular formula is C13H18BrNO4. The predicted octanol–water partition coefficient (Wildman–Crippen LogP) is 2.85. The van der Waals surface area contributed by atoms with Crippen molar-refractivity contribution in [1.82, 2.24) is 4.90 Å². The molecule has 19 heavy (non-hydrogen) atoms. The topological polar surface area (TPSA) is 59.8 Å². The lowest BCUT2D eigenvalue weighted by Gasteiger charge is -2.25. The number of carbonyl (C=O) groups excluding carboxylic acids is 2. The van der Waals surface area contributed by atoms with Crippen LogP contribution >= 0.6 is 15.9 Å². The second-order valence-electron chi connectivity index (χ2n) is 4.25. The van der Waals surface area contributed by atoms with Crippen LogP contribution in [0.5, 0.6) is 0 Å². The molecule has 0 radical (unpaired) electrons. The molecule has 5 nitrogen and oxygen atoms in total. The maximum absolute atomic E-state index is 12.2. The van der Waals surface area contributed by atoms with Gasteiger partial charge in [0.15, 0.2) is 10.4 Å². The van der Waals surface area contributed by atoms with Gasteiger partial charge >= 0.3 is 5.97 Å². The molecular weight excluding hydrogens is 314 g/mol. The van der Waals surface area contributed by atoms with Gasteiger partial charge in [0.05, 0.1) is 13.0 Å². The molecule has 0 aliphatic carbocycles. The van der Waals surface area contributed by atoms with Crippen molar-refractivity contribution in [2.24, 2.45) is 0 Å². The molecule has 0 saturated heterocycles. The molecule has 106 valence electrons. The van der Waals surface area contributed by atoms with Crippen molar-refractivity contribution in [3.8, 4) is 0 Å². The van der Waals surface area contributed by atoms with Gasteiger partial charge in [0.25, 0.3) is 5.91 Å². The quantitative estimate of drug-likeness (QED) is 0.752. The van der Waals surface area contributed by atoms with E-state index in [1.54, 1.807) is 24.0 Å². The first-order chi connectivity index (χ1) is 8.95. The molecule has 1 amide bonds. The number of rotatable bonds is 6. The number of hydrogen-bond donors (Lipinski definition) is 0. The second-order valence-corrected chi connectivity index (χ2v) is 5.03. The first-order valence-corrected chi connectivity index (χ1v) is 6.97. The van der Waals surface area contributed by atoms with E-state index in [1.807, 2.05) is 13.8 Å². The molecule has 1 rings (SSSR count). The standard InChI is InChI=1S/C13H18BrNO4/c1-4-18-12(16)7-8-15(9(2)3)13(17)10-5-6-11(14)19-10/h5-6,9H,4,7-8H2,1-3H3. The largest absolute Gasteiger partial charge is 0.466 e. The minimum Gasteiger partial charge on any atom is -0.466 e. The van der Waals surface area contributed by atoms with Gasteiger partial charge in [-0.15, -0.1) is 0 Å². The lowest BCUT2D eigenvalue weighted by molar-refractivity contribution is -0.143. The molecule has 0 bridgehead atoms. The molecule has 0 saturated carbocycles. The van der Waals surface area contributed by atoms with Gasteiger partial charge in [0, 0.05) is 12.6 Å². The highest BCUT2D eigenvalue weighted by Crippen LogP contribution is 2.17. The number of ether oxygens (including phenoxy) is 1. The van der Waals surface area contributed by atoms with E-state index in [2.05, 4.69) is 15.9 Å². The fourth-order valence-electron chi connectivity index (χ4n) is 1.61. The Hall–Kier alpha value is -1.30. The van der Waals surface area contributed by atoms with Crippen molar-refractivity contribution in [3.05, 3.63) is 22.6 Å².